The summed E-state index contributed by atoms with van der Waals surface area (Å²) in [7, 11) is -1.54. The van der Waals surface area contributed by atoms with E-state index in [4.69, 9.17) is 18.8 Å². The quantitative estimate of drug-likeness (QED) is 0.0206. The van der Waals surface area contributed by atoms with E-state index >= 15 is 0 Å². The number of nitrogens with one attached hydrogen (secondary N) is 2. The monoisotopic (exact) mass is 1080 g/mol. The molecule has 1 spiro atoms. The van der Waals surface area contributed by atoms with Gasteiger partial charge in [0.1, 0.15) is 0 Å². The number of ether oxygens (including phenoxy) is 3. The van der Waals surface area contributed by atoms with Crippen molar-refractivity contribution in [2.75, 3.05) is 42.7 Å². The van der Waals surface area contributed by atoms with Crippen molar-refractivity contribution in [2.45, 2.75) is 50.6 Å². The number of carbonyl (C=O) groups is 6. The predicted molar refractivity (Wildman–Crippen MR) is 266 cm³/mol. The van der Waals surface area contributed by atoms with Crippen LogP contribution in [-0.4, -0.2) is 105 Å². The van der Waals surface area contributed by atoms with Crippen LogP contribution in [0.4, 0.5) is 32.3 Å². The average molecular weight is 1080 g/mol. The summed E-state index contributed by atoms with van der Waals surface area (Å²) in [4.78, 5) is 105. The molecule has 380 valence electrons. The van der Waals surface area contributed by atoms with Crippen molar-refractivity contribution in [1.29, 1.82) is 0 Å². The number of ketones is 1. The summed E-state index contributed by atoms with van der Waals surface area (Å²) in [6.45, 7) is 1.97. The summed E-state index contributed by atoms with van der Waals surface area (Å²) in [6.07, 6.45) is -1.19. The Bertz CT molecular complexity index is 3290. The van der Waals surface area contributed by atoms with Gasteiger partial charge in [0.2, 0.25) is 0 Å². The third-order valence-corrected chi connectivity index (χ3v) is 20.8. The first-order valence-corrected chi connectivity index (χ1v) is 30.4. The fraction of sp³-hybridized carbons (Fsp3) is 0.265. The number of nitrogens with zero attached hydrogens (tertiary/aromatic N) is 4. The molecule has 0 aromatic heterocycles. The van der Waals surface area contributed by atoms with Gasteiger partial charge < -0.3 is 0 Å². The van der Waals surface area contributed by atoms with E-state index in [-0.39, 0.29) is 39.3 Å². The summed E-state index contributed by atoms with van der Waals surface area (Å²) in [5, 5.41) is 28.9. The zero-order chi connectivity index (χ0) is 53.3. The number of benzene rings is 5. The van der Waals surface area contributed by atoms with Gasteiger partial charge in [-0.3, -0.25) is 4.55 Å². The SMILES string of the molecule is CCCNC(=O)c1ccc([N+](=O)[O-])c(COC(=O)N(C)c2ccc3[c](c2)[Ge]([CH3])([CH3])[c]2cc(N(C)C(=O)OCc4cc(C(=O)NCCS(=O)(=O)O)ccc4[N+](=O)[O-])ccc2C32OC(=O)c3ccc(C(C)=O)cc32)c1. The number of fused-ring (bicyclic) bond motifs is 6. The first kappa shape index (κ1) is 52.8. The molecule has 5 aromatic rings. The molecular formula is C49H48GeN6O16S. The Hall–Kier alpha value is -8.03. The minimum atomic E-state index is -4.39. The normalized spacial score (nSPS) is 14.9. The van der Waals surface area contributed by atoms with E-state index in [0.717, 1.165) is 27.5 Å². The van der Waals surface area contributed by atoms with Gasteiger partial charge in [-0.05, 0) is 6.42 Å². The van der Waals surface area contributed by atoms with Crippen molar-refractivity contribution >= 4 is 90.7 Å². The van der Waals surface area contributed by atoms with Gasteiger partial charge in [-0.15, -0.1) is 0 Å². The number of nitro benzene ring substituents is 2. The van der Waals surface area contributed by atoms with Gasteiger partial charge in [0, 0.05) is 13.1 Å². The summed E-state index contributed by atoms with van der Waals surface area (Å²) >= 11 is -3.77. The fourth-order valence-corrected chi connectivity index (χ4v) is 15.8. The van der Waals surface area contributed by atoms with Crippen molar-refractivity contribution in [2.24, 2.45) is 0 Å². The Labute approximate surface area is 420 Å². The third kappa shape index (κ3) is 10.5. The molecule has 22 nitrogen and oxygen atoms in total. The molecule has 0 aliphatic carbocycles. The maximum atomic E-state index is 13.9. The average Bonchev–Trinajstić information content (AvgIpc) is 3.65. The van der Waals surface area contributed by atoms with Crippen LogP contribution in [0.3, 0.4) is 0 Å². The molecule has 3 N–H and O–H groups in total. The molecule has 7 rings (SSSR count). The van der Waals surface area contributed by atoms with E-state index in [2.05, 4.69) is 10.6 Å². The number of hydrogen-bond donors (Lipinski definition) is 3. The molecule has 2 aliphatic rings. The Morgan fingerprint density at radius 1 is 0.699 bits per heavy atom. The van der Waals surface area contributed by atoms with E-state index in [1.165, 1.54) is 56.3 Å². The second-order valence-electron chi connectivity index (χ2n) is 17.7. The van der Waals surface area contributed by atoms with Gasteiger partial charge in [-0.1, -0.05) is 6.92 Å². The fourth-order valence-electron chi connectivity index (χ4n) is 8.76. The number of rotatable bonds is 16. The van der Waals surface area contributed by atoms with Crippen molar-refractivity contribution in [3.05, 3.63) is 161 Å². The molecule has 73 heavy (non-hydrogen) atoms. The number of amides is 4. The molecule has 0 radical (unpaired) electrons. The number of esters is 1. The molecule has 5 aromatic carbocycles. The van der Waals surface area contributed by atoms with E-state index < -0.39 is 100 Å². The third-order valence-electron chi connectivity index (χ3n) is 12.7. The van der Waals surface area contributed by atoms with Crippen LogP contribution in [0.2, 0.25) is 11.5 Å². The summed E-state index contributed by atoms with van der Waals surface area (Å²) in [6, 6.07) is 21.9. The topological polar surface area (TPSA) is 301 Å². The molecule has 0 saturated carbocycles. The predicted octanol–water partition coefficient (Wildman–Crippen LogP) is 5.61. The molecule has 0 saturated heterocycles. The first-order valence-electron chi connectivity index (χ1n) is 22.5. The van der Waals surface area contributed by atoms with Crippen LogP contribution in [-0.2, 0) is 43.1 Å². The van der Waals surface area contributed by atoms with Gasteiger partial charge in [0.05, 0.1) is 5.75 Å². The molecule has 2 heterocycles. The number of nitro groups is 2. The summed E-state index contributed by atoms with van der Waals surface area (Å²) in [5.74, 6) is 1.12. The Kier molecular flexibility index (Phi) is 14.9. The standard InChI is InChI=1S/C49H48GeN6O16S/c1-7-18-51-44(58)30-9-16-42(55(63)64)32(21-30)26-70-47(61)53(5)34-11-14-37-40(24-34)50(3,4)41-25-35(12-15-38(41)49(37)39-23-29(28(2)57)8-13-36(39)46(60)72-49)54(6)48(62)71-27-33-22-31(10-17-43(33)56(65)66)45(59)52-19-20-73(67,68)69/h8-17,21-25H,7,18-20,26-27H2,1-6H3,(H,51,58)(H,52,59)(H,67,68,69). The van der Waals surface area contributed by atoms with Gasteiger partial charge in [0.25, 0.3) is 10.1 Å². The number of carbonyl (C=O) groups excluding carboxylic acids is 6. The Morgan fingerprint density at radius 2 is 1.16 bits per heavy atom. The van der Waals surface area contributed by atoms with Gasteiger partial charge in [0.15, 0.2) is 0 Å². The molecule has 1 atom stereocenters. The van der Waals surface area contributed by atoms with Crippen LogP contribution in [0.1, 0.15) is 89.5 Å². The van der Waals surface area contributed by atoms with Gasteiger partial charge >= 0.3 is 366 Å². The molecule has 24 heteroatoms. The zero-order valence-corrected chi connectivity index (χ0v) is 43.1. The van der Waals surface area contributed by atoms with Crippen molar-refractivity contribution in [3.8, 4) is 0 Å². The van der Waals surface area contributed by atoms with Crippen LogP contribution in [0.15, 0.2) is 91.0 Å². The summed E-state index contributed by atoms with van der Waals surface area (Å²) in [5.41, 5.74) is 0.0286. The van der Waals surface area contributed by atoms with Crippen LogP contribution in [0.25, 0.3) is 0 Å². The summed E-state index contributed by atoms with van der Waals surface area (Å²) < 4.78 is 50.2. The van der Waals surface area contributed by atoms with Crippen molar-refractivity contribution < 1.29 is 65.8 Å². The van der Waals surface area contributed by atoms with Gasteiger partial charge in [-0.2, -0.15) is 8.42 Å². The van der Waals surface area contributed by atoms with E-state index in [9.17, 15) is 57.4 Å². The van der Waals surface area contributed by atoms with Crippen LogP contribution in [0, 0.1) is 20.2 Å². The van der Waals surface area contributed by atoms with Crippen LogP contribution in [0.5, 0.6) is 0 Å². The zero-order valence-electron chi connectivity index (χ0n) is 40.2. The van der Waals surface area contributed by atoms with E-state index in [1.54, 1.807) is 42.5 Å². The van der Waals surface area contributed by atoms with E-state index in [0.29, 0.717) is 51.0 Å². The van der Waals surface area contributed by atoms with Gasteiger partial charge in [-0.25, -0.2) is 0 Å². The maximum absolute atomic E-state index is 13.9. The number of hydrogen-bond acceptors (Lipinski definition) is 15. The van der Waals surface area contributed by atoms with Crippen LogP contribution < -0.4 is 29.2 Å². The van der Waals surface area contributed by atoms with Crippen LogP contribution >= 0.6 is 0 Å². The molecular weight excluding hydrogens is 1030 g/mol. The first-order chi connectivity index (χ1) is 34.4. The number of anilines is 2. The Morgan fingerprint density at radius 3 is 1.60 bits per heavy atom. The molecule has 4 amide bonds. The second-order valence-corrected chi connectivity index (χ2v) is 28.3. The molecule has 2 aliphatic heterocycles. The molecule has 0 fully saturated rings. The van der Waals surface area contributed by atoms with Crippen molar-refractivity contribution in [3.63, 3.8) is 0 Å². The second kappa shape index (κ2) is 20.6. The van der Waals surface area contributed by atoms with E-state index in [1.807, 2.05) is 18.4 Å². The van der Waals surface area contributed by atoms with Crippen molar-refractivity contribution in [1.82, 2.24) is 10.6 Å². The molecule has 1 unspecified atom stereocenters. The Balaban J connectivity index is 1.23. The minimum absolute atomic E-state index is 0.0132. The number of Topliss-reactive ketones (excluding diaryl/α,β-unsaturated/α-hetero) is 1. The molecule has 0 bridgehead atoms.